The molecule has 0 radical (unpaired) electrons. The van der Waals surface area contributed by atoms with Crippen LogP contribution in [-0.2, 0) is 5.41 Å². The van der Waals surface area contributed by atoms with Crippen LogP contribution in [0.1, 0.15) is 51.3 Å². The third kappa shape index (κ3) is 6.36. The molecular formula is C58H44N4. The van der Waals surface area contributed by atoms with Crippen molar-refractivity contribution >= 4 is 28.0 Å². The van der Waals surface area contributed by atoms with Crippen LogP contribution in [0.3, 0.4) is 0 Å². The average molecular weight is 797 g/mol. The Morgan fingerprint density at radius 3 is 1.77 bits per heavy atom. The largest absolute Gasteiger partial charge is 0.312 e. The van der Waals surface area contributed by atoms with Crippen LogP contribution in [0.25, 0.3) is 49.7 Å². The number of nitrogens with zero attached hydrogens (tertiary/aromatic N) is 2. The number of aromatic nitrogens is 1. The number of aliphatic imine (C=N–C) groups is 1. The molecule has 4 heteroatoms. The molecule has 10 aromatic rings. The molecule has 2 atom stereocenters. The zero-order valence-corrected chi connectivity index (χ0v) is 34.1. The van der Waals surface area contributed by atoms with Gasteiger partial charge in [-0.05, 0) is 97.6 Å². The molecular weight excluding hydrogens is 753 g/mol. The third-order valence-corrected chi connectivity index (χ3v) is 12.6. The summed E-state index contributed by atoms with van der Waals surface area (Å²) in [6.07, 6.45) is 1.08. The molecule has 0 amide bonds. The maximum absolute atomic E-state index is 6.85. The highest BCUT2D eigenvalue weighted by molar-refractivity contribution is 6.13. The molecule has 0 saturated carbocycles. The lowest BCUT2D eigenvalue weighted by atomic mass is 9.67. The number of hydrogen-bond acceptors (Lipinski definition) is 3. The van der Waals surface area contributed by atoms with E-state index in [2.05, 4.69) is 204 Å². The van der Waals surface area contributed by atoms with Crippen LogP contribution in [-0.4, -0.2) is 10.8 Å². The SMILES string of the molecule is NC(NC(/N=C/c1ccccc1)c1cccc(-n2c3ccc(-c4ccccc4)cc3c3cc4c(cc32)-c2ccccc2C4(c2ccccc2)c2ccccc2)c1)c1ccccc1. The van der Waals surface area contributed by atoms with Crippen molar-refractivity contribution in [1.82, 2.24) is 9.88 Å². The number of benzene rings is 9. The molecule has 62 heavy (non-hydrogen) atoms. The Hall–Kier alpha value is -7.63. The van der Waals surface area contributed by atoms with Gasteiger partial charge in [0.05, 0.1) is 22.6 Å². The van der Waals surface area contributed by atoms with E-state index in [1.807, 2.05) is 42.6 Å². The molecule has 1 heterocycles. The summed E-state index contributed by atoms with van der Waals surface area (Å²) in [4.78, 5) is 5.14. The van der Waals surface area contributed by atoms with E-state index in [1.165, 1.54) is 55.3 Å². The fraction of sp³-hybridized carbons (Fsp3) is 0.0517. The van der Waals surface area contributed by atoms with Gasteiger partial charge in [-0.1, -0.05) is 194 Å². The van der Waals surface area contributed by atoms with Gasteiger partial charge < -0.3 is 10.3 Å². The van der Waals surface area contributed by atoms with Gasteiger partial charge in [0, 0.05) is 22.7 Å². The normalized spacial score (nSPS) is 13.9. The Morgan fingerprint density at radius 2 is 1.06 bits per heavy atom. The van der Waals surface area contributed by atoms with Crippen molar-refractivity contribution in [2.24, 2.45) is 10.7 Å². The highest BCUT2D eigenvalue weighted by Gasteiger charge is 2.46. The van der Waals surface area contributed by atoms with Gasteiger partial charge in [0.1, 0.15) is 6.17 Å². The van der Waals surface area contributed by atoms with Gasteiger partial charge in [-0.2, -0.15) is 0 Å². The first-order valence-electron chi connectivity index (χ1n) is 21.3. The van der Waals surface area contributed by atoms with E-state index in [9.17, 15) is 0 Å². The molecule has 0 aliphatic heterocycles. The van der Waals surface area contributed by atoms with Crippen molar-refractivity contribution in [2.45, 2.75) is 17.7 Å². The Bertz CT molecular complexity index is 3170. The van der Waals surface area contributed by atoms with E-state index in [0.29, 0.717) is 0 Å². The van der Waals surface area contributed by atoms with Gasteiger partial charge in [0.2, 0.25) is 0 Å². The van der Waals surface area contributed by atoms with Gasteiger partial charge in [-0.15, -0.1) is 0 Å². The van der Waals surface area contributed by atoms with Gasteiger partial charge in [0.25, 0.3) is 0 Å². The van der Waals surface area contributed by atoms with Crippen LogP contribution in [0.5, 0.6) is 0 Å². The second kappa shape index (κ2) is 15.8. The molecule has 1 aliphatic rings. The fourth-order valence-electron chi connectivity index (χ4n) is 9.73. The van der Waals surface area contributed by atoms with Gasteiger partial charge in [-0.25, -0.2) is 0 Å². The summed E-state index contributed by atoms with van der Waals surface area (Å²) in [6.45, 7) is 0. The molecule has 1 aromatic heterocycles. The van der Waals surface area contributed by atoms with Crippen molar-refractivity contribution in [3.63, 3.8) is 0 Å². The van der Waals surface area contributed by atoms with E-state index in [0.717, 1.165) is 33.4 Å². The Labute approximate surface area is 362 Å². The van der Waals surface area contributed by atoms with Crippen molar-refractivity contribution in [2.75, 3.05) is 0 Å². The number of hydrogen-bond donors (Lipinski definition) is 2. The van der Waals surface area contributed by atoms with E-state index >= 15 is 0 Å². The van der Waals surface area contributed by atoms with Gasteiger partial charge >= 0.3 is 0 Å². The monoisotopic (exact) mass is 796 g/mol. The predicted molar refractivity (Wildman–Crippen MR) is 257 cm³/mol. The van der Waals surface area contributed by atoms with Crippen molar-refractivity contribution in [3.8, 4) is 27.9 Å². The Kier molecular flexibility index (Phi) is 9.50. The molecule has 296 valence electrons. The van der Waals surface area contributed by atoms with Crippen LogP contribution in [0.2, 0.25) is 0 Å². The Balaban J connectivity index is 1.15. The molecule has 0 saturated heterocycles. The van der Waals surface area contributed by atoms with E-state index in [-0.39, 0.29) is 0 Å². The second-order valence-electron chi connectivity index (χ2n) is 16.1. The van der Waals surface area contributed by atoms with E-state index in [1.54, 1.807) is 0 Å². The maximum Gasteiger partial charge on any atom is 0.127 e. The van der Waals surface area contributed by atoms with Crippen molar-refractivity contribution < 1.29 is 0 Å². The van der Waals surface area contributed by atoms with Crippen LogP contribution in [0.4, 0.5) is 0 Å². The third-order valence-electron chi connectivity index (χ3n) is 12.6. The number of nitrogens with two attached hydrogens (primary N) is 1. The molecule has 11 rings (SSSR count). The summed E-state index contributed by atoms with van der Waals surface area (Å²) in [6, 6.07) is 82.7. The lowest BCUT2D eigenvalue weighted by Gasteiger charge is -2.34. The standard InChI is InChI=1S/C58H44N4/c59-56(42-23-10-3-11-24-42)61-57(60-39-40-19-6-1-7-20-40)44-25-18-30-47(35-44)62-54-34-33-43(41-21-8-2-9-22-41)36-50(54)51-37-53-49(38-55(51)62)48-31-16-17-32-52(48)58(53,45-26-12-4-13-27-45)46-28-14-5-15-29-46/h1-39,56-57,61H,59H2/b60-39+. The topological polar surface area (TPSA) is 55.3 Å². The zero-order valence-electron chi connectivity index (χ0n) is 34.1. The van der Waals surface area contributed by atoms with E-state index in [4.69, 9.17) is 10.7 Å². The van der Waals surface area contributed by atoms with E-state index < -0.39 is 17.7 Å². The molecule has 1 aliphatic carbocycles. The van der Waals surface area contributed by atoms with Crippen molar-refractivity contribution in [3.05, 3.63) is 269 Å². The lowest BCUT2D eigenvalue weighted by Crippen LogP contribution is -2.31. The summed E-state index contributed by atoms with van der Waals surface area (Å²) >= 11 is 0. The smallest absolute Gasteiger partial charge is 0.127 e. The fourth-order valence-corrected chi connectivity index (χ4v) is 9.73. The summed E-state index contributed by atoms with van der Waals surface area (Å²) in [5.74, 6) is 0. The highest BCUT2D eigenvalue weighted by atomic mass is 15.1. The predicted octanol–water partition coefficient (Wildman–Crippen LogP) is 13.2. The summed E-state index contributed by atoms with van der Waals surface area (Å²) in [5, 5.41) is 6.05. The number of nitrogens with one attached hydrogen (secondary N) is 1. The first-order chi connectivity index (χ1) is 30.7. The molecule has 0 bridgehead atoms. The number of rotatable bonds is 10. The summed E-state index contributed by atoms with van der Waals surface area (Å²) in [5.41, 5.74) is 22.6. The van der Waals surface area contributed by atoms with Crippen LogP contribution in [0.15, 0.2) is 236 Å². The quantitative estimate of drug-likeness (QED) is 0.107. The molecule has 0 spiro atoms. The summed E-state index contributed by atoms with van der Waals surface area (Å²) in [7, 11) is 0. The molecule has 9 aromatic carbocycles. The molecule has 4 nitrogen and oxygen atoms in total. The zero-order chi connectivity index (χ0) is 41.5. The average Bonchev–Trinajstić information content (AvgIpc) is 3.83. The Morgan fingerprint density at radius 1 is 0.468 bits per heavy atom. The first-order valence-corrected chi connectivity index (χ1v) is 21.3. The van der Waals surface area contributed by atoms with Crippen LogP contribution in [0, 0.1) is 0 Å². The lowest BCUT2D eigenvalue weighted by molar-refractivity contribution is 0.467. The highest BCUT2D eigenvalue weighted by Crippen LogP contribution is 2.57. The number of fused-ring (bicyclic) bond motifs is 6. The van der Waals surface area contributed by atoms with Crippen molar-refractivity contribution in [1.29, 1.82) is 0 Å². The maximum atomic E-state index is 6.85. The summed E-state index contributed by atoms with van der Waals surface area (Å²) < 4.78 is 2.44. The second-order valence-corrected chi connectivity index (χ2v) is 16.1. The van der Waals surface area contributed by atoms with Crippen LogP contribution < -0.4 is 11.1 Å². The van der Waals surface area contributed by atoms with Gasteiger partial charge in [-0.3, -0.25) is 10.3 Å². The molecule has 2 unspecified atom stereocenters. The minimum atomic E-state index is -0.513. The first kappa shape index (κ1) is 37.4. The minimum absolute atomic E-state index is 0.420. The van der Waals surface area contributed by atoms with Gasteiger partial charge in [0.15, 0.2) is 0 Å². The molecule has 0 fully saturated rings. The van der Waals surface area contributed by atoms with Crippen LogP contribution >= 0.6 is 0 Å². The molecule has 3 N–H and O–H groups in total. The minimum Gasteiger partial charge on any atom is -0.312 e.